The molecule has 0 saturated carbocycles. The molecule has 0 unspecified atom stereocenters. The number of hydrogen-bond acceptors (Lipinski definition) is 3. The van der Waals surface area contributed by atoms with E-state index in [1.807, 2.05) is 12.2 Å². The van der Waals surface area contributed by atoms with Crippen molar-refractivity contribution >= 4 is 0 Å². The lowest BCUT2D eigenvalue weighted by Gasteiger charge is -2.35. The van der Waals surface area contributed by atoms with E-state index in [4.69, 9.17) is 9.78 Å². The van der Waals surface area contributed by atoms with Gasteiger partial charge in [0.05, 0.1) is 5.70 Å². The maximum Gasteiger partial charge on any atom is 0.182 e. The van der Waals surface area contributed by atoms with Crippen LogP contribution >= 0.6 is 0 Å². The molecule has 0 aromatic rings. The summed E-state index contributed by atoms with van der Waals surface area (Å²) in [7, 11) is 0. The molecule has 0 bridgehead atoms. The predicted octanol–water partition coefficient (Wildman–Crippen LogP) is 1.96. The summed E-state index contributed by atoms with van der Waals surface area (Å²) < 4.78 is 0. The van der Waals surface area contributed by atoms with E-state index in [0.717, 1.165) is 31.0 Å². The molecule has 70 valence electrons. The minimum absolute atomic E-state index is 0.718. The van der Waals surface area contributed by atoms with Crippen LogP contribution in [0.1, 0.15) is 12.8 Å². The number of allylic oxidation sites excluding steroid dienone is 2. The highest BCUT2D eigenvalue weighted by molar-refractivity contribution is 5.24. The average Bonchev–Trinajstić information content (AvgIpc) is 2.05. The van der Waals surface area contributed by atoms with Gasteiger partial charge in [0.25, 0.3) is 0 Å². The summed E-state index contributed by atoms with van der Waals surface area (Å²) in [5.74, 6) is 0.859. The number of rotatable bonds is 3. The maximum absolute atomic E-state index is 5.07. The van der Waals surface area contributed by atoms with Gasteiger partial charge in [0.2, 0.25) is 0 Å². The van der Waals surface area contributed by atoms with Crippen LogP contribution in [0.15, 0.2) is 36.4 Å². The van der Waals surface area contributed by atoms with Crippen LogP contribution < -0.4 is 0 Å². The second kappa shape index (κ2) is 3.56. The third kappa shape index (κ3) is 1.54. The van der Waals surface area contributed by atoms with Crippen LogP contribution in [0.25, 0.3) is 0 Å². The zero-order valence-electron chi connectivity index (χ0n) is 7.53. The van der Waals surface area contributed by atoms with E-state index in [1.165, 1.54) is 6.42 Å². The fourth-order valence-electron chi connectivity index (χ4n) is 1.42. The van der Waals surface area contributed by atoms with Gasteiger partial charge >= 0.3 is 0 Å². The number of hydrogen-bond donors (Lipinski definition) is 0. The highest BCUT2D eigenvalue weighted by atomic mass is 17.2. The van der Waals surface area contributed by atoms with Gasteiger partial charge in [0.15, 0.2) is 5.76 Å². The Morgan fingerprint density at radius 3 is 3.00 bits per heavy atom. The lowest BCUT2D eigenvalue weighted by Crippen LogP contribution is -2.37. The largest absolute Gasteiger partial charge is 0.368 e. The van der Waals surface area contributed by atoms with E-state index in [2.05, 4.69) is 11.5 Å². The summed E-state index contributed by atoms with van der Waals surface area (Å²) in [6.45, 7) is 5.91. The number of likely N-dealkylation sites (tertiary alicyclic amines) is 1. The third-order valence-electron chi connectivity index (χ3n) is 2.24. The van der Waals surface area contributed by atoms with Gasteiger partial charge in [-0.3, -0.25) is 9.78 Å². The van der Waals surface area contributed by atoms with Crippen molar-refractivity contribution in [1.29, 1.82) is 0 Å². The summed E-state index contributed by atoms with van der Waals surface area (Å²) in [6, 6.07) is 0. The Balaban J connectivity index is 2.15. The highest BCUT2D eigenvalue weighted by Gasteiger charge is 2.21. The Hall–Kier alpha value is -1.38. The van der Waals surface area contributed by atoms with Gasteiger partial charge in [0, 0.05) is 25.6 Å². The summed E-state index contributed by atoms with van der Waals surface area (Å²) >= 11 is 0. The molecule has 2 rings (SSSR count). The molecule has 0 amide bonds. The smallest absolute Gasteiger partial charge is 0.182 e. The third-order valence-corrected chi connectivity index (χ3v) is 2.24. The molecule has 0 aromatic heterocycles. The lowest BCUT2D eigenvalue weighted by molar-refractivity contribution is -0.218. The average molecular weight is 179 g/mol. The molecule has 1 saturated heterocycles. The fourth-order valence-corrected chi connectivity index (χ4v) is 1.42. The molecule has 0 spiro atoms. The molecule has 1 fully saturated rings. The summed E-state index contributed by atoms with van der Waals surface area (Å²) in [6.07, 6.45) is 7.31. The Kier molecular flexibility index (Phi) is 2.25. The molecule has 0 atom stereocenters. The van der Waals surface area contributed by atoms with E-state index in [1.54, 1.807) is 6.26 Å². The van der Waals surface area contributed by atoms with Crippen LogP contribution in [0.4, 0.5) is 0 Å². The number of nitrogens with zero attached hydrogens (tertiary/aromatic N) is 1. The van der Waals surface area contributed by atoms with Crippen molar-refractivity contribution in [1.82, 2.24) is 4.90 Å². The van der Waals surface area contributed by atoms with Gasteiger partial charge in [0.1, 0.15) is 6.26 Å². The maximum atomic E-state index is 5.07. The highest BCUT2D eigenvalue weighted by Crippen LogP contribution is 2.24. The van der Waals surface area contributed by atoms with Crippen molar-refractivity contribution < 1.29 is 9.78 Å². The summed E-state index contributed by atoms with van der Waals surface area (Å²) in [5.41, 5.74) is 1.14. The molecule has 0 aromatic carbocycles. The van der Waals surface area contributed by atoms with Crippen LogP contribution in [0.5, 0.6) is 0 Å². The van der Waals surface area contributed by atoms with Crippen molar-refractivity contribution in [2.75, 3.05) is 13.1 Å². The van der Waals surface area contributed by atoms with Gasteiger partial charge < -0.3 is 4.90 Å². The van der Waals surface area contributed by atoms with Gasteiger partial charge in [-0.25, -0.2) is 0 Å². The van der Waals surface area contributed by atoms with E-state index in [-0.39, 0.29) is 0 Å². The van der Waals surface area contributed by atoms with Crippen molar-refractivity contribution in [2.24, 2.45) is 0 Å². The van der Waals surface area contributed by atoms with Gasteiger partial charge in [-0.05, 0) is 6.42 Å². The summed E-state index contributed by atoms with van der Waals surface area (Å²) in [4.78, 5) is 12.1. The van der Waals surface area contributed by atoms with Gasteiger partial charge in [-0.2, -0.15) is 0 Å². The first-order valence-electron chi connectivity index (χ1n) is 4.50. The second-order valence-electron chi connectivity index (χ2n) is 3.12. The topological polar surface area (TPSA) is 21.7 Å². The first-order valence-corrected chi connectivity index (χ1v) is 4.50. The van der Waals surface area contributed by atoms with E-state index in [9.17, 15) is 0 Å². The first kappa shape index (κ1) is 8.23. The molecular weight excluding hydrogens is 166 g/mol. The van der Waals surface area contributed by atoms with Crippen LogP contribution in [-0.2, 0) is 9.78 Å². The zero-order valence-corrected chi connectivity index (χ0v) is 7.53. The minimum Gasteiger partial charge on any atom is -0.368 e. The molecule has 2 aliphatic heterocycles. The Labute approximate surface area is 77.9 Å². The van der Waals surface area contributed by atoms with Crippen molar-refractivity contribution in [2.45, 2.75) is 12.8 Å². The predicted molar refractivity (Wildman–Crippen MR) is 49.3 cm³/mol. The van der Waals surface area contributed by atoms with Gasteiger partial charge in [-0.15, -0.1) is 6.58 Å². The van der Waals surface area contributed by atoms with Crippen LogP contribution in [-0.4, -0.2) is 18.0 Å². The monoisotopic (exact) mass is 179 g/mol. The first-order chi connectivity index (χ1) is 6.42. The molecule has 2 aliphatic rings. The Bertz CT molecular complexity index is 264. The SMILES string of the molecule is C=CCC1=C(N2CCC2)C=COO1. The molecule has 0 aliphatic carbocycles. The molecule has 2 heterocycles. The molecular formula is C10H13NO2. The second-order valence-corrected chi connectivity index (χ2v) is 3.12. The molecule has 3 nitrogen and oxygen atoms in total. The van der Waals surface area contributed by atoms with Gasteiger partial charge in [-0.1, -0.05) is 6.08 Å². The summed E-state index contributed by atoms with van der Waals surface area (Å²) in [5, 5.41) is 0. The zero-order chi connectivity index (χ0) is 9.10. The van der Waals surface area contributed by atoms with Crippen LogP contribution in [0.2, 0.25) is 0 Å². The Morgan fingerprint density at radius 2 is 2.38 bits per heavy atom. The molecule has 3 heteroatoms. The lowest BCUT2D eigenvalue weighted by atomic mass is 10.1. The van der Waals surface area contributed by atoms with E-state index in [0.29, 0.717) is 0 Å². The van der Waals surface area contributed by atoms with Crippen molar-refractivity contribution in [3.8, 4) is 0 Å². The van der Waals surface area contributed by atoms with Crippen LogP contribution in [0.3, 0.4) is 0 Å². The normalized spacial score (nSPS) is 20.5. The van der Waals surface area contributed by atoms with E-state index >= 15 is 0 Å². The van der Waals surface area contributed by atoms with Crippen molar-refractivity contribution in [3.63, 3.8) is 0 Å². The minimum atomic E-state index is 0.718. The van der Waals surface area contributed by atoms with E-state index < -0.39 is 0 Å². The molecule has 13 heavy (non-hydrogen) atoms. The van der Waals surface area contributed by atoms with Crippen LogP contribution in [0, 0.1) is 0 Å². The molecule has 0 radical (unpaired) electrons. The Morgan fingerprint density at radius 1 is 1.54 bits per heavy atom. The molecule has 0 N–H and O–H groups in total. The standard InChI is InChI=1S/C10H13NO2/c1-2-4-10-9(5-8-12-13-10)11-6-3-7-11/h2,5,8H,1,3-4,6-7H2. The fraction of sp³-hybridized carbons (Fsp3) is 0.400. The van der Waals surface area contributed by atoms with Crippen molar-refractivity contribution in [3.05, 3.63) is 36.4 Å². The quantitative estimate of drug-likeness (QED) is 0.488.